The third kappa shape index (κ3) is 1.14. The van der Waals surface area contributed by atoms with Crippen LogP contribution in [0.2, 0.25) is 0 Å². The van der Waals surface area contributed by atoms with E-state index in [0.717, 1.165) is 5.01 Å². The fraction of sp³-hybridized carbons (Fsp3) is 0.750. The Morgan fingerprint density at radius 2 is 2.38 bits per heavy atom. The maximum Gasteiger partial charge on any atom is 0.306 e. The summed E-state index contributed by atoms with van der Waals surface area (Å²) in [6.45, 7) is -0.335. The Hall–Kier alpha value is -0.220. The highest BCUT2D eigenvalue weighted by Crippen LogP contribution is 2.06. The van der Waals surface area contributed by atoms with Crippen molar-refractivity contribution in [2.75, 3.05) is 6.54 Å². The van der Waals surface area contributed by atoms with Crippen LogP contribution in [0.4, 0.5) is 8.78 Å². The predicted octanol–water partition coefficient (Wildman–Crippen LogP) is 0.581. The van der Waals surface area contributed by atoms with Gasteiger partial charge in [0.2, 0.25) is 0 Å². The molecule has 0 aliphatic carbocycles. The first-order valence-electron chi connectivity index (χ1n) is 2.43. The molecule has 2 nitrogen and oxygen atoms in total. The Kier molecular flexibility index (Phi) is 1.75. The molecule has 0 unspecified atom stereocenters. The van der Waals surface area contributed by atoms with Gasteiger partial charge in [0.15, 0.2) is 0 Å². The van der Waals surface area contributed by atoms with E-state index in [1.54, 1.807) is 6.54 Å². The molecule has 1 heterocycles. The largest absolute Gasteiger partial charge is 0.306 e. The minimum atomic E-state index is -2.37. The number of nitrogens with one attached hydrogen (secondary N) is 1. The van der Waals surface area contributed by atoms with E-state index >= 15 is 0 Å². The van der Waals surface area contributed by atoms with Gasteiger partial charge < -0.3 is 0 Å². The van der Waals surface area contributed by atoms with Crippen molar-refractivity contribution in [3.63, 3.8) is 0 Å². The second-order valence-electron chi connectivity index (χ2n) is 1.59. The molecule has 1 saturated heterocycles. The van der Waals surface area contributed by atoms with Gasteiger partial charge in [0.05, 0.1) is 0 Å². The summed E-state index contributed by atoms with van der Waals surface area (Å²) in [4.78, 5) is 0. The molecule has 1 fully saturated rings. The van der Waals surface area contributed by atoms with Gasteiger partial charge >= 0.3 is 6.55 Å². The van der Waals surface area contributed by atoms with Gasteiger partial charge in [-0.05, 0) is 6.42 Å². The molecule has 8 heavy (non-hydrogen) atoms. The van der Waals surface area contributed by atoms with Crippen LogP contribution in [-0.2, 0) is 0 Å². The fourth-order valence-electron chi connectivity index (χ4n) is 0.604. The van der Waals surface area contributed by atoms with Gasteiger partial charge in [-0.15, -0.1) is 0 Å². The second-order valence-corrected chi connectivity index (χ2v) is 1.59. The molecule has 1 rings (SSSR count). The Bertz CT molecular complexity index is 70.4. The lowest BCUT2D eigenvalue weighted by Gasteiger charge is -2.11. The van der Waals surface area contributed by atoms with Crippen molar-refractivity contribution in [1.29, 1.82) is 0 Å². The lowest BCUT2D eigenvalue weighted by Crippen LogP contribution is -2.33. The maximum atomic E-state index is 11.6. The van der Waals surface area contributed by atoms with E-state index in [-0.39, 0.29) is 0 Å². The molecule has 1 N–H and O–H groups in total. The van der Waals surface area contributed by atoms with Crippen LogP contribution in [0.25, 0.3) is 0 Å². The van der Waals surface area contributed by atoms with E-state index < -0.39 is 6.55 Å². The lowest BCUT2D eigenvalue weighted by atomic mass is 10.5. The summed E-state index contributed by atoms with van der Waals surface area (Å²) in [6.07, 6.45) is 0.699. The van der Waals surface area contributed by atoms with Crippen LogP contribution in [0.3, 0.4) is 0 Å². The molecule has 0 aromatic rings. The van der Waals surface area contributed by atoms with E-state index in [0.29, 0.717) is 13.0 Å². The van der Waals surface area contributed by atoms with Crippen LogP contribution in [0.5, 0.6) is 0 Å². The van der Waals surface area contributed by atoms with Gasteiger partial charge in [-0.1, -0.05) is 0 Å². The number of rotatable bonds is 1. The quantitative estimate of drug-likeness (QED) is 0.510. The third-order valence-electron chi connectivity index (χ3n) is 1.01. The molecule has 47 valence electrons. The summed E-state index contributed by atoms with van der Waals surface area (Å²) in [5, 5.41) is 0.889. The highest BCUT2D eigenvalue weighted by atomic mass is 19.3. The fourth-order valence-corrected chi connectivity index (χ4v) is 0.604. The van der Waals surface area contributed by atoms with Gasteiger partial charge in [-0.2, -0.15) is 13.8 Å². The number of halogens is 2. The molecule has 4 heteroatoms. The number of alkyl halides is 2. The summed E-state index contributed by atoms with van der Waals surface area (Å²) < 4.78 is 23.2. The van der Waals surface area contributed by atoms with Crippen LogP contribution in [0.15, 0.2) is 0 Å². The molecule has 0 amide bonds. The van der Waals surface area contributed by atoms with Crippen molar-refractivity contribution in [1.82, 2.24) is 10.4 Å². The zero-order valence-electron chi connectivity index (χ0n) is 4.27. The van der Waals surface area contributed by atoms with Crippen LogP contribution >= 0.6 is 0 Å². The van der Waals surface area contributed by atoms with E-state index in [1.165, 1.54) is 0 Å². The minimum Gasteiger partial charge on any atom is -0.246 e. The molecule has 1 aliphatic heterocycles. The third-order valence-corrected chi connectivity index (χ3v) is 1.01. The summed E-state index contributed by atoms with van der Waals surface area (Å²) in [6, 6.07) is 0. The van der Waals surface area contributed by atoms with Gasteiger partial charge in [-0.25, -0.2) is 5.43 Å². The molecule has 0 spiro atoms. The summed E-state index contributed by atoms with van der Waals surface area (Å²) in [5.41, 5.74) is 2.41. The van der Waals surface area contributed by atoms with E-state index in [2.05, 4.69) is 5.43 Å². The smallest absolute Gasteiger partial charge is 0.246 e. The maximum absolute atomic E-state index is 11.6. The van der Waals surface area contributed by atoms with E-state index in [4.69, 9.17) is 0 Å². The molecule has 1 radical (unpaired) electrons. The van der Waals surface area contributed by atoms with Gasteiger partial charge in [-0.3, -0.25) is 0 Å². The minimum absolute atomic E-state index is 0.414. The van der Waals surface area contributed by atoms with Crippen LogP contribution < -0.4 is 5.43 Å². The van der Waals surface area contributed by atoms with Crippen molar-refractivity contribution in [2.45, 2.75) is 13.0 Å². The molecular weight excluding hydrogens is 114 g/mol. The van der Waals surface area contributed by atoms with Crippen molar-refractivity contribution in [3.8, 4) is 0 Å². The average Bonchev–Trinajstić information content (AvgIpc) is 2.12. The highest BCUT2D eigenvalue weighted by molar-refractivity contribution is 4.70. The van der Waals surface area contributed by atoms with Gasteiger partial charge in [0.25, 0.3) is 0 Å². The van der Waals surface area contributed by atoms with E-state index in [9.17, 15) is 8.78 Å². The molecule has 1 aliphatic rings. The average molecular weight is 121 g/mol. The summed E-state index contributed by atoms with van der Waals surface area (Å²) >= 11 is 0. The Morgan fingerprint density at radius 1 is 1.62 bits per heavy atom. The Labute approximate surface area is 46.4 Å². The summed E-state index contributed by atoms with van der Waals surface area (Å²) in [7, 11) is 0. The van der Waals surface area contributed by atoms with Crippen LogP contribution in [0, 0.1) is 6.54 Å². The van der Waals surface area contributed by atoms with Crippen molar-refractivity contribution < 1.29 is 8.78 Å². The monoisotopic (exact) mass is 121 g/mol. The van der Waals surface area contributed by atoms with Crippen molar-refractivity contribution in [2.24, 2.45) is 0 Å². The number of nitrogens with zero attached hydrogens (tertiary/aromatic N) is 1. The zero-order chi connectivity index (χ0) is 5.98. The normalized spacial score (nSPS) is 22.9. The molecule has 0 atom stereocenters. The molecule has 0 aromatic carbocycles. The SMILES string of the molecule is FC(F)N1CC[CH]N1. The van der Waals surface area contributed by atoms with Gasteiger partial charge in [0.1, 0.15) is 0 Å². The molecule has 0 bridgehead atoms. The number of hydrazine groups is 1. The van der Waals surface area contributed by atoms with Gasteiger partial charge in [0, 0.05) is 13.1 Å². The first-order chi connectivity index (χ1) is 3.80. The summed E-state index contributed by atoms with van der Waals surface area (Å²) in [5.74, 6) is 0. The standard InChI is InChI=1S/C4H7F2N2/c5-4(6)8-3-1-2-7-8/h2,4,7H,1,3H2. The van der Waals surface area contributed by atoms with Crippen LogP contribution in [0.1, 0.15) is 6.42 Å². The second kappa shape index (κ2) is 2.37. The predicted molar refractivity (Wildman–Crippen MR) is 24.8 cm³/mol. The van der Waals surface area contributed by atoms with E-state index in [1.807, 2.05) is 0 Å². The Balaban J connectivity index is 2.24. The first-order valence-corrected chi connectivity index (χ1v) is 2.43. The highest BCUT2D eigenvalue weighted by Gasteiger charge is 2.19. The topological polar surface area (TPSA) is 15.3 Å². The number of hydrogen-bond donors (Lipinski definition) is 1. The molecular formula is C4H7F2N2. The lowest BCUT2D eigenvalue weighted by molar-refractivity contribution is -0.0379. The molecule has 0 aromatic heterocycles. The van der Waals surface area contributed by atoms with Crippen LogP contribution in [-0.4, -0.2) is 18.1 Å². The van der Waals surface area contributed by atoms with Crippen molar-refractivity contribution in [3.05, 3.63) is 6.54 Å². The Morgan fingerprint density at radius 3 is 2.62 bits per heavy atom. The van der Waals surface area contributed by atoms with Crippen molar-refractivity contribution >= 4 is 0 Å². The first kappa shape index (κ1) is 5.91. The zero-order valence-corrected chi connectivity index (χ0v) is 4.27. The number of hydrogen-bond acceptors (Lipinski definition) is 2. The molecule has 0 saturated carbocycles.